The molecule has 1 heterocycles. The minimum absolute atomic E-state index is 0.328. The van der Waals surface area contributed by atoms with Crippen molar-refractivity contribution in [2.45, 2.75) is 43.4 Å². The molecule has 0 amide bonds. The summed E-state index contributed by atoms with van der Waals surface area (Å²) < 4.78 is 6.46. The molecule has 1 atom stereocenters. The Bertz CT molecular complexity index is 573. The van der Waals surface area contributed by atoms with Crippen LogP contribution in [0.25, 0.3) is 0 Å². The van der Waals surface area contributed by atoms with E-state index in [9.17, 15) is 0 Å². The average molecular weight is 356 g/mol. The average Bonchev–Trinajstić information content (AvgIpc) is 2.81. The van der Waals surface area contributed by atoms with Crippen molar-refractivity contribution in [2.24, 2.45) is 0 Å². The third kappa shape index (κ3) is 4.07. The zero-order valence-corrected chi connectivity index (χ0v) is 14.2. The normalized spacial score (nSPS) is 12.6. The van der Waals surface area contributed by atoms with Crippen molar-refractivity contribution in [2.75, 3.05) is 6.54 Å². The van der Waals surface area contributed by atoms with Crippen molar-refractivity contribution in [1.29, 1.82) is 0 Å². The van der Waals surface area contributed by atoms with Crippen molar-refractivity contribution < 1.29 is 4.42 Å². The van der Waals surface area contributed by atoms with Crippen LogP contribution < -0.4 is 5.32 Å². The summed E-state index contributed by atoms with van der Waals surface area (Å²) in [6, 6.07) is 6.62. The molecular formula is C14H18BrN3OS. The largest absolute Gasteiger partial charge is 0.416 e. The van der Waals surface area contributed by atoms with Gasteiger partial charge in [0.1, 0.15) is 0 Å². The molecule has 2 rings (SSSR count). The summed E-state index contributed by atoms with van der Waals surface area (Å²) in [5, 5.41) is 11.9. The Balaban J connectivity index is 2.09. The van der Waals surface area contributed by atoms with Crippen molar-refractivity contribution in [3.8, 4) is 0 Å². The third-order valence-corrected chi connectivity index (χ3v) is 4.37. The molecule has 20 heavy (non-hydrogen) atoms. The molecule has 0 bridgehead atoms. The molecule has 1 aromatic carbocycles. The van der Waals surface area contributed by atoms with E-state index in [0.29, 0.717) is 17.2 Å². The van der Waals surface area contributed by atoms with Gasteiger partial charge >= 0.3 is 0 Å². The minimum Gasteiger partial charge on any atom is -0.416 e. The van der Waals surface area contributed by atoms with Gasteiger partial charge in [0.2, 0.25) is 5.89 Å². The fraction of sp³-hybridized carbons (Fsp3) is 0.429. The molecule has 0 spiro atoms. The fourth-order valence-electron chi connectivity index (χ4n) is 1.81. The number of hydrogen-bond donors (Lipinski definition) is 1. The van der Waals surface area contributed by atoms with E-state index in [1.807, 2.05) is 0 Å². The molecule has 2 aromatic rings. The highest BCUT2D eigenvalue weighted by atomic mass is 79.9. The lowest BCUT2D eigenvalue weighted by Gasteiger charge is -2.15. The van der Waals surface area contributed by atoms with Gasteiger partial charge in [-0.05, 0) is 49.3 Å². The van der Waals surface area contributed by atoms with Gasteiger partial charge < -0.3 is 9.73 Å². The van der Waals surface area contributed by atoms with Crippen LogP contribution in [0.1, 0.15) is 37.8 Å². The monoisotopic (exact) mass is 355 g/mol. The second kappa shape index (κ2) is 7.24. The summed E-state index contributed by atoms with van der Waals surface area (Å²) in [5.41, 5.74) is 1.25. The van der Waals surface area contributed by atoms with Crippen LogP contribution in [-0.2, 0) is 0 Å². The van der Waals surface area contributed by atoms with Crippen LogP contribution >= 0.6 is 27.7 Å². The summed E-state index contributed by atoms with van der Waals surface area (Å²) in [6.45, 7) is 7.15. The van der Waals surface area contributed by atoms with E-state index in [0.717, 1.165) is 22.3 Å². The Hall–Kier alpha value is -0.850. The SMILES string of the molecule is CCCNC(C)c1ccc(Sc2nnc(C)o2)cc1Br. The Morgan fingerprint density at radius 2 is 2.20 bits per heavy atom. The summed E-state index contributed by atoms with van der Waals surface area (Å²) in [7, 11) is 0. The summed E-state index contributed by atoms with van der Waals surface area (Å²) in [6.07, 6.45) is 1.13. The number of aryl methyl sites for hydroxylation is 1. The number of nitrogens with one attached hydrogen (secondary N) is 1. The first-order chi connectivity index (χ1) is 9.60. The lowest BCUT2D eigenvalue weighted by Crippen LogP contribution is -2.19. The highest BCUT2D eigenvalue weighted by Crippen LogP contribution is 2.32. The van der Waals surface area contributed by atoms with Gasteiger partial charge in [0.25, 0.3) is 5.22 Å². The molecule has 6 heteroatoms. The molecule has 0 aliphatic heterocycles. The number of aromatic nitrogens is 2. The standard InChI is InChI=1S/C14H18BrN3OS/c1-4-7-16-9(2)12-6-5-11(8-13(12)15)20-14-18-17-10(3)19-14/h5-6,8-9,16H,4,7H2,1-3H3. The molecule has 0 fully saturated rings. The smallest absolute Gasteiger partial charge is 0.281 e. The number of halogens is 1. The lowest BCUT2D eigenvalue weighted by molar-refractivity contribution is 0.429. The van der Waals surface area contributed by atoms with Crippen LogP contribution in [0.15, 0.2) is 37.2 Å². The molecule has 0 radical (unpaired) electrons. The summed E-state index contributed by atoms with van der Waals surface area (Å²) in [4.78, 5) is 1.08. The predicted molar refractivity (Wildman–Crippen MR) is 84.0 cm³/mol. The lowest BCUT2D eigenvalue weighted by atomic mass is 10.1. The molecular weight excluding hydrogens is 338 g/mol. The third-order valence-electron chi connectivity index (χ3n) is 2.85. The maximum atomic E-state index is 5.37. The van der Waals surface area contributed by atoms with Crippen LogP contribution in [0.5, 0.6) is 0 Å². The van der Waals surface area contributed by atoms with E-state index >= 15 is 0 Å². The first-order valence-electron chi connectivity index (χ1n) is 6.61. The molecule has 0 saturated carbocycles. The van der Waals surface area contributed by atoms with E-state index < -0.39 is 0 Å². The highest BCUT2D eigenvalue weighted by molar-refractivity contribution is 9.10. The van der Waals surface area contributed by atoms with Gasteiger partial charge in [-0.15, -0.1) is 10.2 Å². The molecule has 4 nitrogen and oxygen atoms in total. The predicted octanol–water partition coefficient (Wildman–Crippen LogP) is 4.35. The second-order valence-corrected chi connectivity index (χ2v) is 6.43. The molecule has 0 aliphatic rings. The Kier molecular flexibility index (Phi) is 5.63. The van der Waals surface area contributed by atoms with Crippen LogP contribution in [0, 0.1) is 6.92 Å². The number of hydrogen-bond acceptors (Lipinski definition) is 5. The maximum absolute atomic E-state index is 5.37. The summed E-state index contributed by atoms with van der Waals surface area (Å²) >= 11 is 5.11. The quantitative estimate of drug-likeness (QED) is 0.834. The van der Waals surface area contributed by atoms with E-state index in [1.165, 1.54) is 17.3 Å². The zero-order chi connectivity index (χ0) is 14.5. The molecule has 1 unspecified atom stereocenters. The molecule has 1 N–H and O–H groups in total. The van der Waals surface area contributed by atoms with Crippen LogP contribution in [0.2, 0.25) is 0 Å². The number of rotatable bonds is 6. The first-order valence-corrected chi connectivity index (χ1v) is 8.22. The molecule has 1 aromatic heterocycles. The van der Waals surface area contributed by atoms with E-state index in [4.69, 9.17) is 4.42 Å². The first kappa shape index (κ1) is 15.5. The number of nitrogens with zero attached hydrogens (tertiary/aromatic N) is 2. The topological polar surface area (TPSA) is 51.0 Å². The zero-order valence-electron chi connectivity index (χ0n) is 11.8. The van der Waals surface area contributed by atoms with Gasteiger partial charge in [-0.2, -0.15) is 0 Å². The van der Waals surface area contributed by atoms with Gasteiger partial charge in [-0.1, -0.05) is 28.9 Å². The fourth-order valence-corrected chi connectivity index (χ4v) is 3.45. The Labute approximate surface area is 131 Å². The van der Waals surface area contributed by atoms with Gasteiger partial charge in [0, 0.05) is 22.3 Å². The van der Waals surface area contributed by atoms with E-state index in [-0.39, 0.29) is 0 Å². The van der Waals surface area contributed by atoms with Gasteiger partial charge in [-0.25, -0.2) is 0 Å². The molecule has 0 aliphatic carbocycles. The Morgan fingerprint density at radius 1 is 1.40 bits per heavy atom. The number of benzene rings is 1. The van der Waals surface area contributed by atoms with Crippen LogP contribution in [0.3, 0.4) is 0 Å². The van der Waals surface area contributed by atoms with Crippen molar-refractivity contribution in [3.05, 3.63) is 34.1 Å². The van der Waals surface area contributed by atoms with Crippen molar-refractivity contribution in [1.82, 2.24) is 15.5 Å². The molecule has 108 valence electrons. The molecule has 0 saturated heterocycles. The van der Waals surface area contributed by atoms with Crippen molar-refractivity contribution >= 4 is 27.7 Å². The second-order valence-electron chi connectivity index (χ2n) is 4.55. The van der Waals surface area contributed by atoms with E-state index in [2.05, 4.69) is 63.5 Å². The van der Waals surface area contributed by atoms with Crippen LogP contribution in [-0.4, -0.2) is 16.7 Å². The Morgan fingerprint density at radius 3 is 2.80 bits per heavy atom. The van der Waals surface area contributed by atoms with Crippen molar-refractivity contribution in [3.63, 3.8) is 0 Å². The minimum atomic E-state index is 0.328. The highest BCUT2D eigenvalue weighted by Gasteiger charge is 2.11. The van der Waals surface area contributed by atoms with Crippen LogP contribution in [0.4, 0.5) is 0 Å². The van der Waals surface area contributed by atoms with Gasteiger partial charge in [0.05, 0.1) is 0 Å². The van der Waals surface area contributed by atoms with E-state index in [1.54, 1.807) is 6.92 Å². The maximum Gasteiger partial charge on any atom is 0.281 e. The van der Waals surface area contributed by atoms with Gasteiger partial charge in [0.15, 0.2) is 0 Å². The summed E-state index contributed by atoms with van der Waals surface area (Å²) in [5.74, 6) is 0.584. The van der Waals surface area contributed by atoms with Gasteiger partial charge in [-0.3, -0.25) is 0 Å².